The zero-order valence-electron chi connectivity index (χ0n) is 29.7. The van der Waals surface area contributed by atoms with Crippen molar-refractivity contribution in [2.45, 2.75) is 0 Å². The van der Waals surface area contributed by atoms with Gasteiger partial charge in [0.1, 0.15) is 16.7 Å². The van der Waals surface area contributed by atoms with Crippen LogP contribution in [0.2, 0.25) is 0 Å². The average Bonchev–Trinajstić information content (AvgIpc) is 3.87. The quantitative estimate of drug-likeness (QED) is 0.162. The Balaban J connectivity index is 1.03. The summed E-state index contributed by atoms with van der Waals surface area (Å²) in [6, 6.07) is 68.2. The van der Waals surface area contributed by atoms with E-state index in [0.29, 0.717) is 5.89 Å². The molecule has 2 aromatic heterocycles. The second-order valence-corrected chi connectivity index (χ2v) is 13.9. The van der Waals surface area contributed by atoms with Crippen LogP contribution in [0.15, 0.2) is 203 Å². The first kappa shape index (κ1) is 31.1. The summed E-state index contributed by atoms with van der Waals surface area (Å²) >= 11 is 0. The van der Waals surface area contributed by atoms with Crippen molar-refractivity contribution in [1.82, 2.24) is 4.98 Å². The van der Waals surface area contributed by atoms with Crippen LogP contribution in [-0.2, 0) is 0 Å². The molecule has 0 aliphatic carbocycles. The van der Waals surface area contributed by atoms with E-state index >= 15 is 0 Å². The van der Waals surface area contributed by atoms with E-state index in [1.807, 2.05) is 42.5 Å². The van der Waals surface area contributed by atoms with Crippen molar-refractivity contribution >= 4 is 71.6 Å². The van der Waals surface area contributed by atoms with Crippen LogP contribution >= 0.6 is 0 Å². The van der Waals surface area contributed by atoms with Gasteiger partial charge in [-0.3, -0.25) is 0 Å². The first-order valence-corrected chi connectivity index (χ1v) is 18.5. The summed E-state index contributed by atoms with van der Waals surface area (Å²) in [4.78, 5) is 7.30. The normalized spacial score (nSPS) is 11.6. The first-order valence-electron chi connectivity index (χ1n) is 18.5. The number of nitrogens with zero attached hydrogens (tertiary/aromatic N) is 2. The maximum Gasteiger partial charge on any atom is 0.227 e. The highest BCUT2D eigenvalue weighted by Crippen LogP contribution is 2.42. The van der Waals surface area contributed by atoms with Crippen LogP contribution < -0.4 is 4.90 Å². The van der Waals surface area contributed by atoms with Crippen LogP contribution in [0.4, 0.5) is 17.1 Å². The molecule has 0 spiro atoms. The SMILES string of the molecule is c1ccc(-c2cccc(N(c3ccc(-c4cccc5c4oc4ccc6oc(-c7ccccc7)nc6c45)cc3)c3ccc4c(ccc5ccccc54)c3)c2)cc1. The van der Waals surface area contributed by atoms with Crippen molar-refractivity contribution in [2.24, 2.45) is 0 Å². The summed E-state index contributed by atoms with van der Waals surface area (Å²) in [6.07, 6.45) is 0. The third-order valence-electron chi connectivity index (χ3n) is 10.7. The van der Waals surface area contributed by atoms with Gasteiger partial charge >= 0.3 is 0 Å². The minimum absolute atomic E-state index is 0.600. The predicted molar refractivity (Wildman–Crippen MR) is 227 cm³/mol. The molecule has 0 aliphatic rings. The second kappa shape index (κ2) is 12.6. The number of hydrogen-bond donors (Lipinski definition) is 0. The van der Waals surface area contributed by atoms with E-state index in [1.54, 1.807) is 0 Å². The number of benzene rings is 9. The summed E-state index contributed by atoms with van der Waals surface area (Å²) in [7, 11) is 0. The Labute approximate surface area is 317 Å². The predicted octanol–water partition coefficient (Wildman–Crippen LogP) is 14.5. The molecular formula is C51H32N2O2. The summed E-state index contributed by atoms with van der Waals surface area (Å²) in [5, 5.41) is 6.92. The number of anilines is 3. The molecule has 55 heavy (non-hydrogen) atoms. The third-order valence-corrected chi connectivity index (χ3v) is 10.7. The molecule has 0 saturated carbocycles. The summed E-state index contributed by atoms with van der Waals surface area (Å²) in [6.45, 7) is 0. The van der Waals surface area contributed by atoms with Crippen molar-refractivity contribution in [3.63, 3.8) is 0 Å². The van der Waals surface area contributed by atoms with E-state index < -0.39 is 0 Å². The summed E-state index contributed by atoms with van der Waals surface area (Å²) < 4.78 is 12.8. The Hall–Kier alpha value is -7.43. The van der Waals surface area contributed by atoms with Crippen LogP contribution in [-0.4, -0.2) is 4.98 Å². The molecule has 4 heteroatoms. The molecule has 0 atom stereocenters. The Morgan fingerprint density at radius 1 is 0.382 bits per heavy atom. The smallest absolute Gasteiger partial charge is 0.227 e. The Kier molecular flexibility index (Phi) is 7.14. The lowest BCUT2D eigenvalue weighted by molar-refractivity contribution is 0.619. The van der Waals surface area contributed by atoms with Gasteiger partial charge in [0.25, 0.3) is 0 Å². The zero-order chi connectivity index (χ0) is 36.3. The van der Waals surface area contributed by atoms with Gasteiger partial charge in [0.2, 0.25) is 5.89 Å². The van der Waals surface area contributed by atoms with Gasteiger partial charge in [-0.25, -0.2) is 4.98 Å². The molecule has 0 aliphatic heterocycles. The van der Waals surface area contributed by atoms with Crippen LogP contribution in [0.3, 0.4) is 0 Å². The highest BCUT2D eigenvalue weighted by Gasteiger charge is 2.20. The standard InChI is InChI=1S/C51H32N2O2/c1-3-11-33(12-4-1)37-16-9-17-40(31-37)53(41-27-28-43-38(32-41)22-21-34-13-7-8-18-42(34)43)39-25-23-35(24-26-39)44-19-10-20-45-48-46(54-50(44)45)29-30-47-49(48)52-51(55-47)36-14-5-2-6-15-36/h1-32H. The molecule has 4 nitrogen and oxygen atoms in total. The topological polar surface area (TPSA) is 42.4 Å². The van der Waals surface area contributed by atoms with Gasteiger partial charge in [0.05, 0.1) is 5.39 Å². The van der Waals surface area contributed by atoms with Gasteiger partial charge in [0, 0.05) is 33.6 Å². The number of rotatable bonds is 6. The Bertz CT molecular complexity index is 3200. The lowest BCUT2D eigenvalue weighted by atomic mass is 10.00. The molecule has 258 valence electrons. The van der Waals surface area contributed by atoms with Crippen molar-refractivity contribution in [3.8, 4) is 33.7 Å². The molecule has 9 aromatic carbocycles. The van der Waals surface area contributed by atoms with E-state index in [-0.39, 0.29) is 0 Å². The lowest BCUT2D eigenvalue weighted by Gasteiger charge is -2.27. The molecule has 11 rings (SSSR count). The summed E-state index contributed by atoms with van der Waals surface area (Å²) in [5.74, 6) is 0.600. The largest absolute Gasteiger partial charge is 0.455 e. The number of oxazole rings is 1. The fourth-order valence-electron chi connectivity index (χ4n) is 8.04. The molecule has 2 heterocycles. The molecule has 0 bridgehead atoms. The molecule has 11 aromatic rings. The van der Waals surface area contributed by atoms with E-state index in [0.717, 1.165) is 66.8 Å². The molecule has 0 saturated heterocycles. The number of hydrogen-bond acceptors (Lipinski definition) is 4. The van der Waals surface area contributed by atoms with Crippen molar-refractivity contribution in [3.05, 3.63) is 194 Å². The van der Waals surface area contributed by atoms with Crippen LogP contribution in [0, 0.1) is 0 Å². The van der Waals surface area contributed by atoms with Crippen LogP contribution in [0.25, 0.3) is 88.3 Å². The van der Waals surface area contributed by atoms with Gasteiger partial charge < -0.3 is 13.7 Å². The van der Waals surface area contributed by atoms with Gasteiger partial charge in [0.15, 0.2) is 5.58 Å². The maximum atomic E-state index is 6.61. The second-order valence-electron chi connectivity index (χ2n) is 13.9. The lowest BCUT2D eigenvalue weighted by Crippen LogP contribution is -2.10. The fourth-order valence-corrected chi connectivity index (χ4v) is 8.04. The van der Waals surface area contributed by atoms with Crippen LogP contribution in [0.5, 0.6) is 0 Å². The fraction of sp³-hybridized carbons (Fsp3) is 0. The molecule has 0 fully saturated rings. The highest BCUT2D eigenvalue weighted by molar-refractivity contribution is 6.19. The maximum absolute atomic E-state index is 6.61. The molecule has 0 unspecified atom stereocenters. The first-order chi connectivity index (χ1) is 27.2. The van der Waals surface area contributed by atoms with Gasteiger partial charge in [-0.15, -0.1) is 0 Å². The number of aromatic nitrogens is 1. The molecule has 0 amide bonds. The highest BCUT2D eigenvalue weighted by atomic mass is 16.4. The van der Waals surface area contributed by atoms with E-state index in [2.05, 4.69) is 157 Å². The van der Waals surface area contributed by atoms with Gasteiger partial charge in [-0.05, 0) is 98.9 Å². The number of para-hydroxylation sites is 1. The number of fused-ring (bicyclic) bond motifs is 8. The third kappa shape index (κ3) is 5.26. The molecule has 0 N–H and O–H groups in total. The van der Waals surface area contributed by atoms with E-state index in [9.17, 15) is 0 Å². The van der Waals surface area contributed by atoms with Gasteiger partial charge in [-0.1, -0.05) is 133 Å². The van der Waals surface area contributed by atoms with Gasteiger partial charge in [-0.2, -0.15) is 0 Å². The van der Waals surface area contributed by atoms with Crippen LogP contribution in [0.1, 0.15) is 0 Å². The Morgan fingerprint density at radius 2 is 1.04 bits per heavy atom. The molecular weight excluding hydrogens is 673 g/mol. The monoisotopic (exact) mass is 704 g/mol. The van der Waals surface area contributed by atoms with Crippen molar-refractivity contribution in [2.75, 3.05) is 4.90 Å². The van der Waals surface area contributed by atoms with Crippen molar-refractivity contribution < 1.29 is 8.83 Å². The zero-order valence-corrected chi connectivity index (χ0v) is 29.7. The van der Waals surface area contributed by atoms with E-state index in [1.165, 1.54) is 32.7 Å². The van der Waals surface area contributed by atoms with Crippen molar-refractivity contribution in [1.29, 1.82) is 0 Å². The number of furan rings is 1. The summed E-state index contributed by atoms with van der Waals surface area (Å²) in [5.41, 5.74) is 11.8. The minimum atomic E-state index is 0.600. The van der Waals surface area contributed by atoms with E-state index in [4.69, 9.17) is 13.8 Å². The minimum Gasteiger partial charge on any atom is -0.455 e. The average molecular weight is 705 g/mol. The molecule has 0 radical (unpaired) electrons. The Morgan fingerprint density at radius 3 is 1.89 bits per heavy atom.